The van der Waals surface area contributed by atoms with Gasteiger partial charge in [0.2, 0.25) is 0 Å². The van der Waals surface area contributed by atoms with Crippen LogP contribution in [-0.2, 0) is 0 Å². The summed E-state index contributed by atoms with van der Waals surface area (Å²) in [4.78, 5) is 7.20. The standard InChI is InChI=1S/C16H19BrN2/c1-11-5-4-8-19(10-11)15-9-12(2)18-16-13(15)6-3-7-14(16)17/h3,6-7,9,11H,4-5,8,10H2,1-2H3. The van der Waals surface area contributed by atoms with E-state index in [1.807, 2.05) is 0 Å². The molecule has 0 radical (unpaired) electrons. The number of hydrogen-bond donors (Lipinski definition) is 0. The Morgan fingerprint density at radius 3 is 3.00 bits per heavy atom. The summed E-state index contributed by atoms with van der Waals surface area (Å²) in [7, 11) is 0. The third-order valence-corrected chi connectivity index (χ3v) is 4.53. The Morgan fingerprint density at radius 1 is 1.37 bits per heavy atom. The fraction of sp³-hybridized carbons (Fsp3) is 0.438. The number of para-hydroxylation sites is 1. The molecule has 1 atom stereocenters. The molecule has 3 rings (SSSR count). The minimum absolute atomic E-state index is 0.782. The van der Waals surface area contributed by atoms with E-state index in [0.717, 1.165) is 34.7 Å². The lowest BCUT2D eigenvalue weighted by Gasteiger charge is -2.33. The van der Waals surface area contributed by atoms with Gasteiger partial charge in [-0.1, -0.05) is 19.1 Å². The molecule has 1 aliphatic heterocycles. The summed E-state index contributed by atoms with van der Waals surface area (Å²) < 4.78 is 1.08. The van der Waals surface area contributed by atoms with E-state index in [2.05, 4.69) is 63.9 Å². The maximum atomic E-state index is 4.68. The van der Waals surface area contributed by atoms with Crippen molar-refractivity contribution in [3.63, 3.8) is 0 Å². The fourth-order valence-electron chi connectivity index (χ4n) is 2.99. The van der Waals surface area contributed by atoms with Gasteiger partial charge in [-0.25, -0.2) is 0 Å². The Kier molecular flexibility index (Phi) is 3.48. The molecule has 1 aromatic heterocycles. The van der Waals surface area contributed by atoms with Crippen molar-refractivity contribution in [3.8, 4) is 0 Å². The maximum Gasteiger partial charge on any atom is 0.0867 e. The Balaban J connectivity index is 2.14. The molecule has 2 aromatic rings. The second-order valence-electron chi connectivity index (χ2n) is 5.61. The third kappa shape index (κ3) is 2.48. The van der Waals surface area contributed by atoms with Gasteiger partial charge < -0.3 is 4.90 Å². The molecule has 0 saturated carbocycles. The molecule has 0 amide bonds. The molecular formula is C16H19BrN2. The first-order chi connectivity index (χ1) is 9.15. The van der Waals surface area contributed by atoms with Gasteiger partial charge in [-0.05, 0) is 53.7 Å². The molecule has 0 spiro atoms. The minimum Gasteiger partial charge on any atom is -0.371 e. The highest BCUT2D eigenvalue weighted by atomic mass is 79.9. The molecule has 19 heavy (non-hydrogen) atoms. The number of anilines is 1. The van der Waals surface area contributed by atoms with Gasteiger partial charge in [0.15, 0.2) is 0 Å². The van der Waals surface area contributed by atoms with E-state index in [1.54, 1.807) is 0 Å². The van der Waals surface area contributed by atoms with Crippen molar-refractivity contribution in [2.24, 2.45) is 5.92 Å². The Labute approximate surface area is 123 Å². The van der Waals surface area contributed by atoms with E-state index in [-0.39, 0.29) is 0 Å². The number of aromatic nitrogens is 1. The van der Waals surface area contributed by atoms with Crippen molar-refractivity contribution in [1.82, 2.24) is 4.98 Å². The molecule has 1 fully saturated rings. The first-order valence-corrected chi connectivity index (χ1v) is 7.75. The van der Waals surface area contributed by atoms with Gasteiger partial charge >= 0.3 is 0 Å². The zero-order valence-electron chi connectivity index (χ0n) is 11.5. The molecule has 0 bridgehead atoms. The number of piperidine rings is 1. The summed E-state index contributed by atoms with van der Waals surface area (Å²) >= 11 is 3.62. The smallest absolute Gasteiger partial charge is 0.0867 e. The number of benzene rings is 1. The number of rotatable bonds is 1. The number of fused-ring (bicyclic) bond motifs is 1. The molecule has 100 valence electrons. The van der Waals surface area contributed by atoms with Crippen LogP contribution < -0.4 is 4.90 Å². The molecular weight excluding hydrogens is 300 g/mol. The van der Waals surface area contributed by atoms with E-state index in [0.29, 0.717) is 0 Å². The Morgan fingerprint density at radius 2 is 2.21 bits per heavy atom. The average molecular weight is 319 g/mol. The van der Waals surface area contributed by atoms with Crippen LogP contribution in [0.2, 0.25) is 0 Å². The van der Waals surface area contributed by atoms with Crippen molar-refractivity contribution >= 4 is 32.5 Å². The molecule has 1 saturated heterocycles. The molecule has 2 nitrogen and oxygen atoms in total. The highest BCUT2D eigenvalue weighted by Crippen LogP contribution is 2.33. The third-order valence-electron chi connectivity index (χ3n) is 3.89. The zero-order chi connectivity index (χ0) is 13.4. The van der Waals surface area contributed by atoms with Crippen LogP contribution in [0.5, 0.6) is 0 Å². The molecule has 0 aliphatic carbocycles. The largest absolute Gasteiger partial charge is 0.371 e. The SMILES string of the molecule is Cc1cc(N2CCCC(C)C2)c2cccc(Br)c2n1. The van der Waals surface area contributed by atoms with Crippen molar-refractivity contribution in [2.75, 3.05) is 18.0 Å². The van der Waals surface area contributed by atoms with Gasteiger partial charge in [-0.15, -0.1) is 0 Å². The number of hydrogen-bond acceptors (Lipinski definition) is 2. The van der Waals surface area contributed by atoms with E-state index in [9.17, 15) is 0 Å². The van der Waals surface area contributed by atoms with Crippen molar-refractivity contribution < 1.29 is 0 Å². The van der Waals surface area contributed by atoms with Crippen LogP contribution in [0.25, 0.3) is 10.9 Å². The Bertz CT molecular complexity index is 609. The van der Waals surface area contributed by atoms with Crippen LogP contribution in [0, 0.1) is 12.8 Å². The topological polar surface area (TPSA) is 16.1 Å². The zero-order valence-corrected chi connectivity index (χ0v) is 13.1. The molecule has 1 unspecified atom stereocenters. The minimum atomic E-state index is 0.782. The van der Waals surface area contributed by atoms with Gasteiger partial charge in [-0.2, -0.15) is 0 Å². The average Bonchev–Trinajstić information content (AvgIpc) is 2.39. The lowest BCUT2D eigenvalue weighted by Crippen LogP contribution is -2.34. The second-order valence-corrected chi connectivity index (χ2v) is 6.47. The monoisotopic (exact) mass is 318 g/mol. The Hall–Kier alpha value is -1.09. The quantitative estimate of drug-likeness (QED) is 0.767. The predicted molar refractivity (Wildman–Crippen MR) is 84.8 cm³/mol. The number of halogens is 1. The van der Waals surface area contributed by atoms with Crippen LogP contribution in [0.1, 0.15) is 25.5 Å². The molecule has 2 heterocycles. The number of pyridine rings is 1. The van der Waals surface area contributed by atoms with E-state index < -0.39 is 0 Å². The van der Waals surface area contributed by atoms with Gasteiger partial charge in [0.25, 0.3) is 0 Å². The summed E-state index contributed by atoms with van der Waals surface area (Å²) in [6.07, 6.45) is 2.64. The van der Waals surface area contributed by atoms with Crippen LogP contribution in [0.15, 0.2) is 28.7 Å². The molecule has 0 N–H and O–H groups in total. The van der Waals surface area contributed by atoms with Gasteiger partial charge in [0.05, 0.1) is 5.52 Å². The van der Waals surface area contributed by atoms with E-state index in [1.165, 1.54) is 23.9 Å². The van der Waals surface area contributed by atoms with Crippen molar-refractivity contribution in [1.29, 1.82) is 0 Å². The highest BCUT2D eigenvalue weighted by Gasteiger charge is 2.19. The molecule has 1 aromatic carbocycles. The summed E-state index contributed by atoms with van der Waals surface area (Å²) in [5.74, 6) is 0.782. The summed E-state index contributed by atoms with van der Waals surface area (Å²) in [6, 6.07) is 8.58. The molecule has 3 heteroatoms. The summed E-state index contributed by atoms with van der Waals surface area (Å²) in [6.45, 7) is 6.74. The van der Waals surface area contributed by atoms with E-state index in [4.69, 9.17) is 0 Å². The van der Waals surface area contributed by atoms with Crippen LogP contribution >= 0.6 is 15.9 Å². The van der Waals surface area contributed by atoms with Crippen LogP contribution in [-0.4, -0.2) is 18.1 Å². The molecule has 1 aliphatic rings. The first-order valence-electron chi connectivity index (χ1n) is 6.96. The second kappa shape index (κ2) is 5.12. The lowest BCUT2D eigenvalue weighted by molar-refractivity contribution is 0.447. The van der Waals surface area contributed by atoms with Gasteiger partial charge in [-0.3, -0.25) is 4.98 Å². The summed E-state index contributed by atoms with van der Waals surface area (Å²) in [5.41, 5.74) is 3.51. The predicted octanol–water partition coefficient (Wildman–Crippen LogP) is 4.54. The van der Waals surface area contributed by atoms with Gasteiger partial charge in [0, 0.05) is 34.3 Å². The van der Waals surface area contributed by atoms with Crippen molar-refractivity contribution in [2.45, 2.75) is 26.7 Å². The highest BCUT2D eigenvalue weighted by molar-refractivity contribution is 9.10. The normalized spacial score (nSPS) is 19.9. The lowest BCUT2D eigenvalue weighted by atomic mass is 9.99. The van der Waals surface area contributed by atoms with Crippen LogP contribution in [0.3, 0.4) is 0 Å². The first kappa shape index (κ1) is 12.9. The van der Waals surface area contributed by atoms with E-state index >= 15 is 0 Å². The fourth-order valence-corrected chi connectivity index (χ4v) is 3.44. The van der Waals surface area contributed by atoms with Crippen LogP contribution in [0.4, 0.5) is 5.69 Å². The number of aryl methyl sites for hydroxylation is 1. The number of nitrogens with zero attached hydrogens (tertiary/aromatic N) is 2. The van der Waals surface area contributed by atoms with Gasteiger partial charge in [0.1, 0.15) is 0 Å². The maximum absolute atomic E-state index is 4.68. The summed E-state index contributed by atoms with van der Waals surface area (Å²) in [5, 5.41) is 1.26. The van der Waals surface area contributed by atoms with Crippen molar-refractivity contribution in [3.05, 3.63) is 34.4 Å².